The molecule has 0 bridgehead atoms. The van der Waals surface area contributed by atoms with Crippen molar-refractivity contribution >= 4 is 45.0 Å². The molecule has 2 nitrogen and oxygen atoms in total. The van der Waals surface area contributed by atoms with Gasteiger partial charge < -0.3 is 5.11 Å². The predicted octanol–water partition coefficient (Wildman–Crippen LogP) is 4.36. The lowest BCUT2D eigenvalue weighted by Crippen LogP contribution is -1.98. The zero-order valence-electron chi connectivity index (χ0n) is 8.01. The Hall–Kier alpha value is -0.780. The first-order valence-corrected chi connectivity index (χ1v) is 6.90. The van der Waals surface area contributed by atoms with Crippen LogP contribution in [-0.2, 0) is 0 Å². The van der Waals surface area contributed by atoms with Crippen LogP contribution < -0.4 is 0 Å². The number of aromatic carboxylic acids is 1. The van der Waals surface area contributed by atoms with Crippen LogP contribution in [0.5, 0.6) is 0 Å². The van der Waals surface area contributed by atoms with Gasteiger partial charge in [0, 0.05) is 9.37 Å². The third-order valence-electron chi connectivity index (χ3n) is 1.88. The summed E-state index contributed by atoms with van der Waals surface area (Å²) >= 11 is 6.35. The van der Waals surface area contributed by atoms with E-state index < -0.39 is 5.97 Å². The fourth-order valence-electron chi connectivity index (χ4n) is 1.19. The number of benzene rings is 1. The molecule has 0 atom stereocenters. The van der Waals surface area contributed by atoms with E-state index in [1.165, 1.54) is 11.8 Å². The molecule has 1 N–H and O–H groups in total. The second-order valence-electron chi connectivity index (χ2n) is 2.98. The standard InChI is InChI=1S/C11H7BrO2S2/c12-7-3-4-9(8(6-7)11(13)14)16-10-2-1-5-15-10/h1-6H,(H,13,14). The summed E-state index contributed by atoms with van der Waals surface area (Å²) in [4.78, 5) is 11.8. The molecule has 1 aromatic heterocycles. The van der Waals surface area contributed by atoms with Crippen molar-refractivity contribution in [2.24, 2.45) is 0 Å². The molecule has 1 aromatic carbocycles. The van der Waals surface area contributed by atoms with Crippen LogP contribution in [0.15, 0.2) is 49.3 Å². The van der Waals surface area contributed by atoms with E-state index in [2.05, 4.69) is 15.9 Å². The molecule has 5 heteroatoms. The zero-order chi connectivity index (χ0) is 11.5. The Morgan fingerprint density at radius 1 is 1.38 bits per heavy atom. The van der Waals surface area contributed by atoms with Crippen molar-refractivity contribution in [3.05, 3.63) is 45.7 Å². The molecule has 0 aliphatic carbocycles. The van der Waals surface area contributed by atoms with Gasteiger partial charge in [0.05, 0.1) is 9.77 Å². The monoisotopic (exact) mass is 314 g/mol. The van der Waals surface area contributed by atoms with Gasteiger partial charge in [-0.1, -0.05) is 33.8 Å². The van der Waals surface area contributed by atoms with Crippen LogP contribution in [0.1, 0.15) is 10.4 Å². The van der Waals surface area contributed by atoms with E-state index in [4.69, 9.17) is 5.11 Å². The number of thiophene rings is 1. The Labute approximate surface area is 109 Å². The lowest BCUT2D eigenvalue weighted by Gasteiger charge is -2.04. The fraction of sp³-hybridized carbons (Fsp3) is 0. The summed E-state index contributed by atoms with van der Waals surface area (Å²) in [6, 6.07) is 9.22. The third-order valence-corrected chi connectivity index (χ3v) is 4.48. The summed E-state index contributed by atoms with van der Waals surface area (Å²) in [6.07, 6.45) is 0. The highest BCUT2D eigenvalue weighted by molar-refractivity contribution is 9.10. The Morgan fingerprint density at radius 2 is 2.19 bits per heavy atom. The summed E-state index contributed by atoms with van der Waals surface area (Å²) in [5.74, 6) is -0.902. The maximum Gasteiger partial charge on any atom is 0.336 e. The average Bonchev–Trinajstić information content (AvgIpc) is 2.73. The average molecular weight is 315 g/mol. The van der Waals surface area contributed by atoms with Crippen LogP contribution in [0.3, 0.4) is 0 Å². The summed E-state index contributed by atoms with van der Waals surface area (Å²) in [5, 5.41) is 11.1. The molecule has 16 heavy (non-hydrogen) atoms. The van der Waals surface area contributed by atoms with E-state index in [-0.39, 0.29) is 0 Å². The van der Waals surface area contributed by atoms with Crippen molar-refractivity contribution in [3.8, 4) is 0 Å². The second-order valence-corrected chi connectivity index (χ2v) is 6.19. The van der Waals surface area contributed by atoms with Gasteiger partial charge in [0.25, 0.3) is 0 Å². The van der Waals surface area contributed by atoms with Gasteiger partial charge in [0.15, 0.2) is 0 Å². The number of carboxylic acid groups (broad SMARTS) is 1. The number of halogens is 1. The van der Waals surface area contributed by atoms with Gasteiger partial charge in [-0.3, -0.25) is 0 Å². The first kappa shape index (κ1) is 11.7. The molecule has 0 amide bonds. The molecular weight excluding hydrogens is 308 g/mol. The normalized spacial score (nSPS) is 10.3. The highest BCUT2D eigenvalue weighted by Crippen LogP contribution is 2.34. The highest BCUT2D eigenvalue weighted by Gasteiger charge is 2.11. The van der Waals surface area contributed by atoms with Crippen molar-refractivity contribution in [1.29, 1.82) is 0 Å². The smallest absolute Gasteiger partial charge is 0.336 e. The molecule has 0 aliphatic rings. The number of carbonyl (C=O) groups is 1. The van der Waals surface area contributed by atoms with Gasteiger partial charge in [0.1, 0.15) is 0 Å². The molecule has 0 unspecified atom stereocenters. The minimum Gasteiger partial charge on any atom is -0.478 e. The summed E-state index contributed by atoms with van der Waals surface area (Å²) in [7, 11) is 0. The van der Waals surface area contributed by atoms with Crippen LogP contribution in [0.2, 0.25) is 0 Å². The molecule has 0 radical (unpaired) electrons. The van der Waals surface area contributed by atoms with Crippen LogP contribution in [0, 0.1) is 0 Å². The number of rotatable bonds is 3. The lowest BCUT2D eigenvalue weighted by molar-refractivity contribution is 0.0693. The maximum atomic E-state index is 11.1. The lowest BCUT2D eigenvalue weighted by atomic mass is 10.2. The quantitative estimate of drug-likeness (QED) is 0.914. The minimum absolute atomic E-state index is 0.327. The maximum absolute atomic E-state index is 11.1. The van der Waals surface area contributed by atoms with E-state index in [1.54, 1.807) is 17.4 Å². The van der Waals surface area contributed by atoms with E-state index in [1.807, 2.05) is 29.6 Å². The largest absolute Gasteiger partial charge is 0.478 e. The topological polar surface area (TPSA) is 37.3 Å². The number of carboxylic acids is 1. The molecule has 2 rings (SSSR count). The van der Waals surface area contributed by atoms with Crippen LogP contribution in [0.25, 0.3) is 0 Å². The van der Waals surface area contributed by atoms with E-state index >= 15 is 0 Å². The molecule has 0 aliphatic heterocycles. The summed E-state index contributed by atoms with van der Waals surface area (Å²) in [5.41, 5.74) is 0.327. The van der Waals surface area contributed by atoms with Crippen molar-refractivity contribution in [1.82, 2.24) is 0 Å². The molecular formula is C11H7BrO2S2. The summed E-state index contributed by atoms with van der Waals surface area (Å²) in [6.45, 7) is 0. The van der Waals surface area contributed by atoms with Gasteiger partial charge in [-0.25, -0.2) is 4.79 Å². The van der Waals surface area contributed by atoms with E-state index in [9.17, 15) is 4.79 Å². The molecule has 1 heterocycles. The molecule has 0 saturated carbocycles. The molecule has 0 saturated heterocycles. The SMILES string of the molecule is O=C(O)c1cc(Br)ccc1Sc1cccs1. The summed E-state index contributed by atoms with van der Waals surface area (Å²) < 4.78 is 1.87. The van der Waals surface area contributed by atoms with Crippen LogP contribution in [-0.4, -0.2) is 11.1 Å². The highest BCUT2D eigenvalue weighted by atomic mass is 79.9. The van der Waals surface area contributed by atoms with Gasteiger partial charge in [0.2, 0.25) is 0 Å². The predicted molar refractivity (Wildman–Crippen MR) is 69.5 cm³/mol. The number of hydrogen-bond acceptors (Lipinski definition) is 3. The third kappa shape index (κ3) is 2.66. The Balaban J connectivity index is 2.36. The number of hydrogen-bond donors (Lipinski definition) is 1. The Morgan fingerprint density at radius 3 is 2.81 bits per heavy atom. The van der Waals surface area contributed by atoms with E-state index in [0.717, 1.165) is 13.6 Å². The second kappa shape index (κ2) is 5.03. The molecule has 82 valence electrons. The van der Waals surface area contributed by atoms with Crippen LogP contribution >= 0.6 is 39.0 Å². The van der Waals surface area contributed by atoms with Crippen molar-refractivity contribution < 1.29 is 9.90 Å². The van der Waals surface area contributed by atoms with Gasteiger partial charge in [-0.05, 0) is 29.6 Å². The van der Waals surface area contributed by atoms with E-state index in [0.29, 0.717) is 5.56 Å². The van der Waals surface area contributed by atoms with Gasteiger partial charge >= 0.3 is 5.97 Å². The fourth-order valence-corrected chi connectivity index (χ4v) is 3.38. The van der Waals surface area contributed by atoms with Crippen molar-refractivity contribution in [3.63, 3.8) is 0 Å². The molecule has 0 spiro atoms. The van der Waals surface area contributed by atoms with Gasteiger partial charge in [-0.2, -0.15) is 0 Å². The molecule has 2 aromatic rings. The first-order valence-electron chi connectivity index (χ1n) is 4.41. The zero-order valence-corrected chi connectivity index (χ0v) is 11.2. The van der Waals surface area contributed by atoms with Crippen LogP contribution in [0.4, 0.5) is 0 Å². The first-order chi connectivity index (χ1) is 7.66. The Bertz CT molecular complexity index is 509. The van der Waals surface area contributed by atoms with Crippen molar-refractivity contribution in [2.45, 2.75) is 9.10 Å². The Kier molecular flexibility index (Phi) is 3.68. The molecule has 0 fully saturated rings. The minimum atomic E-state index is -0.902. The van der Waals surface area contributed by atoms with Crippen molar-refractivity contribution in [2.75, 3.05) is 0 Å². The van der Waals surface area contributed by atoms with Gasteiger partial charge in [-0.15, -0.1) is 11.3 Å².